The van der Waals surface area contributed by atoms with Gasteiger partial charge in [-0.15, -0.1) is 0 Å². The van der Waals surface area contributed by atoms with Gasteiger partial charge in [-0.3, -0.25) is 14.4 Å². The van der Waals surface area contributed by atoms with Crippen LogP contribution in [0.25, 0.3) is 5.57 Å². The standard InChI is InChI=1S/C27H30O3.C23H30O3/c1-4-20-11-17(3)12-21(5-2)24(20)25-26(29)22-13-19(15-28)14-23(22)27(25)30-16-18-9-7-6-8-10-18;1-5-16-9-13(3)10-17(6-2)20(16)21-22(25)18-11-15(8-7-14(4)24)12-19(18)23(21)26/h6-12,15,19,22-23H,4-5,13-14,16H2,1-3H3;9-10,15,18-19,21H,5-8,11-12H2,1-4H3. The predicted octanol–water partition coefficient (Wildman–Crippen LogP) is 9.84. The minimum Gasteiger partial charge on any atom is -0.492 e. The summed E-state index contributed by atoms with van der Waals surface area (Å²) in [6.07, 6.45) is 8.76. The van der Waals surface area contributed by atoms with Crippen molar-refractivity contribution in [1.29, 1.82) is 0 Å². The average molecular weight is 757 g/mol. The number of carbonyl (C=O) groups is 5. The number of ether oxygens (including phenoxy) is 1. The molecule has 3 aromatic rings. The lowest BCUT2D eigenvalue weighted by molar-refractivity contribution is -0.125. The molecule has 3 aromatic carbocycles. The molecule has 56 heavy (non-hydrogen) atoms. The van der Waals surface area contributed by atoms with Crippen molar-refractivity contribution in [1.82, 2.24) is 0 Å². The van der Waals surface area contributed by atoms with Crippen molar-refractivity contribution in [2.75, 3.05) is 0 Å². The number of hydrogen-bond acceptors (Lipinski definition) is 6. The molecule has 4 aliphatic rings. The van der Waals surface area contributed by atoms with Crippen LogP contribution in [-0.4, -0.2) is 29.4 Å². The van der Waals surface area contributed by atoms with Crippen LogP contribution in [0.4, 0.5) is 0 Å². The van der Waals surface area contributed by atoms with Crippen LogP contribution >= 0.6 is 0 Å². The maximum atomic E-state index is 13.6. The maximum Gasteiger partial charge on any atom is 0.170 e. The number of fused-ring (bicyclic) bond motifs is 2. The Morgan fingerprint density at radius 2 is 1.23 bits per heavy atom. The second-order valence-corrected chi connectivity index (χ2v) is 16.9. The van der Waals surface area contributed by atoms with Gasteiger partial charge in [-0.05, 0) is 123 Å². The van der Waals surface area contributed by atoms with E-state index in [1.807, 2.05) is 30.3 Å². The second kappa shape index (κ2) is 17.8. The second-order valence-electron chi connectivity index (χ2n) is 16.9. The Balaban J connectivity index is 0.000000192. The van der Waals surface area contributed by atoms with Crippen LogP contribution in [-0.2, 0) is 61.0 Å². The van der Waals surface area contributed by atoms with E-state index in [2.05, 4.69) is 65.8 Å². The summed E-state index contributed by atoms with van der Waals surface area (Å²) in [5, 5.41) is 0. The van der Waals surface area contributed by atoms with Gasteiger partial charge in [0.05, 0.1) is 5.57 Å². The van der Waals surface area contributed by atoms with E-state index in [4.69, 9.17) is 4.74 Å². The fraction of sp³-hybridized carbons (Fsp3) is 0.500. The van der Waals surface area contributed by atoms with Crippen molar-refractivity contribution in [2.45, 2.75) is 125 Å². The lowest BCUT2D eigenvalue weighted by atomic mass is 9.82. The fourth-order valence-corrected chi connectivity index (χ4v) is 10.4. The Labute approximate surface area is 333 Å². The molecule has 5 atom stereocenters. The molecule has 3 saturated carbocycles. The van der Waals surface area contributed by atoms with Crippen LogP contribution in [0.3, 0.4) is 0 Å². The minimum absolute atomic E-state index is 0.0159. The predicted molar refractivity (Wildman–Crippen MR) is 221 cm³/mol. The molecule has 0 N–H and O–H groups in total. The molecule has 5 unspecified atom stereocenters. The van der Waals surface area contributed by atoms with E-state index >= 15 is 0 Å². The lowest BCUT2D eigenvalue weighted by Gasteiger charge is -2.20. The molecule has 0 aliphatic heterocycles. The highest BCUT2D eigenvalue weighted by atomic mass is 16.5. The van der Waals surface area contributed by atoms with Crippen molar-refractivity contribution in [3.8, 4) is 0 Å². The van der Waals surface area contributed by atoms with Crippen LogP contribution in [0.1, 0.15) is 129 Å². The highest BCUT2D eigenvalue weighted by Gasteiger charge is 2.54. The number of ketones is 4. The monoisotopic (exact) mass is 756 g/mol. The van der Waals surface area contributed by atoms with Crippen molar-refractivity contribution >= 4 is 35.0 Å². The summed E-state index contributed by atoms with van der Waals surface area (Å²) in [6.45, 7) is 14.7. The zero-order valence-electron chi connectivity index (χ0n) is 34.5. The lowest BCUT2D eigenvalue weighted by Crippen LogP contribution is -2.21. The molecule has 6 heteroatoms. The third-order valence-electron chi connectivity index (χ3n) is 13.1. The minimum atomic E-state index is -0.552. The Morgan fingerprint density at radius 3 is 1.73 bits per heavy atom. The van der Waals surface area contributed by atoms with Gasteiger partial charge in [-0.2, -0.15) is 0 Å². The van der Waals surface area contributed by atoms with Gasteiger partial charge >= 0.3 is 0 Å². The van der Waals surface area contributed by atoms with E-state index in [9.17, 15) is 24.0 Å². The maximum absolute atomic E-state index is 13.6. The summed E-state index contributed by atoms with van der Waals surface area (Å²) in [7, 11) is 0. The molecule has 0 spiro atoms. The summed E-state index contributed by atoms with van der Waals surface area (Å²) in [4.78, 5) is 62.8. The number of aryl methyl sites for hydroxylation is 6. The molecule has 7 rings (SSSR count). The third kappa shape index (κ3) is 8.17. The first-order valence-corrected chi connectivity index (χ1v) is 21.2. The van der Waals surface area contributed by atoms with E-state index in [0.29, 0.717) is 31.8 Å². The van der Waals surface area contributed by atoms with Gasteiger partial charge < -0.3 is 14.3 Å². The number of benzene rings is 3. The van der Waals surface area contributed by atoms with Crippen molar-refractivity contribution in [3.63, 3.8) is 0 Å². The first-order chi connectivity index (χ1) is 26.9. The van der Waals surface area contributed by atoms with E-state index in [1.54, 1.807) is 6.92 Å². The molecule has 0 amide bonds. The van der Waals surface area contributed by atoms with Crippen LogP contribution in [0.2, 0.25) is 0 Å². The molecular weight excluding hydrogens is 697 g/mol. The van der Waals surface area contributed by atoms with Gasteiger partial charge in [0.2, 0.25) is 0 Å². The smallest absolute Gasteiger partial charge is 0.170 e. The Bertz CT molecular complexity index is 1950. The molecule has 3 fully saturated rings. The van der Waals surface area contributed by atoms with Crippen LogP contribution in [0.15, 0.2) is 60.4 Å². The molecule has 0 saturated heterocycles. The van der Waals surface area contributed by atoms with Crippen molar-refractivity contribution < 1.29 is 28.7 Å². The summed E-state index contributed by atoms with van der Waals surface area (Å²) in [5.41, 5.74) is 11.1. The first kappa shape index (κ1) is 41.2. The van der Waals surface area contributed by atoms with E-state index in [0.717, 1.165) is 90.4 Å². The largest absolute Gasteiger partial charge is 0.492 e. The number of allylic oxidation sites excluding steroid dienone is 2. The molecule has 6 nitrogen and oxygen atoms in total. The van der Waals surface area contributed by atoms with Crippen LogP contribution in [0.5, 0.6) is 0 Å². The molecule has 0 heterocycles. The molecule has 0 aromatic heterocycles. The summed E-state index contributed by atoms with van der Waals surface area (Å²) in [6, 6.07) is 18.7. The van der Waals surface area contributed by atoms with Gasteiger partial charge in [0, 0.05) is 36.0 Å². The fourth-order valence-electron chi connectivity index (χ4n) is 10.4. The van der Waals surface area contributed by atoms with Crippen molar-refractivity contribution in [3.05, 3.63) is 110 Å². The molecule has 296 valence electrons. The highest BCUT2D eigenvalue weighted by Crippen LogP contribution is 2.52. The zero-order valence-corrected chi connectivity index (χ0v) is 34.5. The molecule has 0 bridgehead atoms. The van der Waals surface area contributed by atoms with E-state index in [1.165, 1.54) is 22.3 Å². The first-order valence-electron chi connectivity index (χ1n) is 21.2. The SMILES string of the molecule is CCc1cc(C)cc(CC)c1C1=C(OCc2ccccc2)C2CC(C=O)CC2C1=O.CCc1cc(C)cc(CC)c1C1C(=O)C2CC(CCC(C)=O)CC2C1=O. The summed E-state index contributed by atoms with van der Waals surface area (Å²) >= 11 is 0. The Hall–Kier alpha value is -4.45. The summed E-state index contributed by atoms with van der Waals surface area (Å²) < 4.78 is 6.41. The number of hydrogen-bond donors (Lipinski definition) is 0. The number of rotatable bonds is 13. The van der Waals surface area contributed by atoms with Gasteiger partial charge in [0.15, 0.2) is 17.3 Å². The highest BCUT2D eigenvalue weighted by molar-refractivity contribution is 6.25. The number of Topliss-reactive ketones (excluding diaryl/α,β-unsaturated/α-hetero) is 4. The topological polar surface area (TPSA) is 94.6 Å². The van der Waals surface area contributed by atoms with Crippen molar-refractivity contribution in [2.24, 2.45) is 35.5 Å². The normalized spacial score (nSPS) is 25.3. The molecule has 4 aliphatic carbocycles. The van der Waals surface area contributed by atoms with Gasteiger partial charge in [-0.25, -0.2) is 0 Å². The van der Waals surface area contributed by atoms with Crippen LogP contribution < -0.4 is 0 Å². The third-order valence-corrected chi connectivity index (χ3v) is 13.1. The molecular formula is C50H60O6. The average Bonchev–Trinajstić information content (AvgIpc) is 3.94. The van der Waals surface area contributed by atoms with E-state index in [-0.39, 0.29) is 52.7 Å². The number of carbonyl (C=O) groups excluding carboxylic acids is 5. The van der Waals surface area contributed by atoms with Crippen LogP contribution in [0, 0.1) is 49.4 Å². The van der Waals surface area contributed by atoms with E-state index < -0.39 is 5.92 Å². The Morgan fingerprint density at radius 1 is 0.714 bits per heavy atom. The zero-order chi connectivity index (χ0) is 40.3. The van der Waals surface area contributed by atoms with Gasteiger partial charge in [0.25, 0.3) is 0 Å². The number of aldehydes is 1. The van der Waals surface area contributed by atoms with Gasteiger partial charge in [0.1, 0.15) is 30.4 Å². The molecule has 0 radical (unpaired) electrons. The van der Waals surface area contributed by atoms with Gasteiger partial charge in [-0.1, -0.05) is 93.4 Å². The summed E-state index contributed by atoms with van der Waals surface area (Å²) in [5.74, 6) is 0.831. The Kier molecular flexibility index (Phi) is 13.1. The quantitative estimate of drug-likeness (QED) is 0.127.